The monoisotopic (exact) mass is 349 g/mol. The first-order chi connectivity index (χ1) is 11.1. The Morgan fingerprint density at radius 2 is 2.09 bits per heavy atom. The van der Waals surface area contributed by atoms with Crippen LogP contribution in [0.2, 0.25) is 5.02 Å². The molecule has 0 bridgehead atoms. The number of para-hydroxylation sites is 1. The highest BCUT2D eigenvalue weighted by atomic mass is 35.5. The molecule has 120 valence electrons. The molecule has 0 aliphatic heterocycles. The molecule has 0 unspecified atom stereocenters. The predicted octanol–water partition coefficient (Wildman–Crippen LogP) is 3.09. The molecule has 3 N–H and O–H groups in total. The van der Waals surface area contributed by atoms with Gasteiger partial charge in [-0.15, -0.1) is 0 Å². The van der Waals surface area contributed by atoms with Crippen LogP contribution in [-0.4, -0.2) is 18.4 Å². The molecule has 0 radical (unpaired) electrons. The molecule has 0 aliphatic carbocycles. The Hall–Kier alpha value is -2.31. The summed E-state index contributed by atoms with van der Waals surface area (Å²) in [6.45, 7) is 0.317. The number of hydrogen-bond acceptors (Lipinski definition) is 4. The van der Waals surface area contributed by atoms with Crippen molar-refractivity contribution in [1.29, 1.82) is 0 Å². The standard InChI is InChI=1S/C16H16ClN3O2S/c1-21-14-7-6-11(9-19-20-16(18)23)8-12(14)10-22-15-5-3-2-4-13(15)17/h2-9H,10H2,1H3,(H3,18,20,23). The van der Waals surface area contributed by atoms with Crippen LogP contribution in [0.15, 0.2) is 47.6 Å². The fourth-order valence-electron chi connectivity index (χ4n) is 1.88. The average molecular weight is 350 g/mol. The average Bonchev–Trinajstić information content (AvgIpc) is 2.54. The number of ether oxygens (including phenoxy) is 2. The second kappa shape index (κ2) is 8.36. The Morgan fingerprint density at radius 1 is 1.30 bits per heavy atom. The van der Waals surface area contributed by atoms with Crippen molar-refractivity contribution in [3.05, 3.63) is 58.6 Å². The Labute approximate surface area is 145 Å². The molecule has 7 heteroatoms. The van der Waals surface area contributed by atoms with E-state index in [-0.39, 0.29) is 5.11 Å². The molecule has 0 saturated heterocycles. The van der Waals surface area contributed by atoms with E-state index in [0.717, 1.165) is 16.9 Å². The summed E-state index contributed by atoms with van der Waals surface area (Å²) in [6, 6.07) is 12.9. The van der Waals surface area contributed by atoms with Gasteiger partial charge in [0, 0.05) is 5.56 Å². The van der Waals surface area contributed by atoms with Gasteiger partial charge >= 0.3 is 0 Å². The summed E-state index contributed by atoms with van der Waals surface area (Å²) in [5, 5.41) is 4.59. The number of hydrogen-bond donors (Lipinski definition) is 2. The van der Waals surface area contributed by atoms with Crippen LogP contribution in [0.1, 0.15) is 11.1 Å². The summed E-state index contributed by atoms with van der Waals surface area (Å²) in [5.74, 6) is 1.34. The van der Waals surface area contributed by atoms with Crippen molar-refractivity contribution in [2.75, 3.05) is 7.11 Å². The molecular weight excluding hydrogens is 334 g/mol. The first kappa shape index (κ1) is 17.1. The molecule has 23 heavy (non-hydrogen) atoms. The molecule has 0 atom stereocenters. The minimum absolute atomic E-state index is 0.108. The number of benzene rings is 2. The largest absolute Gasteiger partial charge is 0.496 e. The van der Waals surface area contributed by atoms with Crippen molar-refractivity contribution in [2.24, 2.45) is 10.8 Å². The highest BCUT2D eigenvalue weighted by molar-refractivity contribution is 7.80. The van der Waals surface area contributed by atoms with Crippen molar-refractivity contribution in [3.63, 3.8) is 0 Å². The van der Waals surface area contributed by atoms with Gasteiger partial charge in [0.15, 0.2) is 5.11 Å². The first-order valence-corrected chi connectivity index (χ1v) is 7.51. The normalized spacial score (nSPS) is 10.5. The van der Waals surface area contributed by atoms with E-state index in [4.69, 9.17) is 26.8 Å². The van der Waals surface area contributed by atoms with E-state index in [1.807, 2.05) is 36.4 Å². The van der Waals surface area contributed by atoms with Crippen LogP contribution < -0.4 is 20.6 Å². The van der Waals surface area contributed by atoms with Gasteiger partial charge in [-0.25, -0.2) is 0 Å². The summed E-state index contributed by atoms with van der Waals surface area (Å²) in [4.78, 5) is 0. The number of methoxy groups -OCH3 is 1. The Morgan fingerprint density at radius 3 is 2.78 bits per heavy atom. The van der Waals surface area contributed by atoms with E-state index in [1.54, 1.807) is 19.4 Å². The number of nitrogens with zero attached hydrogens (tertiary/aromatic N) is 1. The highest BCUT2D eigenvalue weighted by Crippen LogP contribution is 2.26. The van der Waals surface area contributed by atoms with Gasteiger partial charge in [-0.3, -0.25) is 5.43 Å². The number of rotatable bonds is 6. The molecule has 2 rings (SSSR count). The summed E-state index contributed by atoms with van der Waals surface area (Å²) >= 11 is 10.8. The number of halogens is 1. The second-order valence-corrected chi connectivity index (χ2v) is 5.37. The van der Waals surface area contributed by atoms with E-state index in [9.17, 15) is 0 Å². The predicted molar refractivity (Wildman–Crippen MR) is 96.3 cm³/mol. The zero-order valence-electron chi connectivity index (χ0n) is 12.5. The topological polar surface area (TPSA) is 68.9 Å². The smallest absolute Gasteiger partial charge is 0.184 e. The molecule has 0 aliphatic rings. The number of thiocarbonyl (C=S) groups is 1. The lowest BCUT2D eigenvalue weighted by atomic mass is 10.1. The maximum Gasteiger partial charge on any atom is 0.184 e. The molecular formula is C16H16ClN3O2S. The lowest BCUT2D eigenvalue weighted by molar-refractivity contribution is 0.297. The molecule has 0 fully saturated rings. The molecule has 0 spiro atoms. The van der Waals surface area contributed by atoms with E-state index in [0.29, 0.717) is 17.4 Å². The third-order valence-corrected chi connectivity index (χ3v) is 3.32. The van der Waals surface area contributed by atoms with Crippen LogP contribution in [0, 0.1) is 0 Å². The summed E-state index contributed by atoms with van der Waals surface area (Å²) in [6.07, 6.45) is 1.61. The lowest BCUT2D eigenvalue weighted by Crippen LogP contribution is -2.24. The maximum atomic E-state index is 6.08. The van der Waals surface area contributed by atoms with E-state index < -0.39 is 0 Å². The van der Waals surface area contributed by atoms with Crippen molar-refractivity contribution >= 4 is 35.1 Å². The lowest BCUT2D eigenvalue weighted by Gasteiger charge is -2.12. The Kier molecular flexibility index (Phi) is 6.19. The van der Waals surface area contributed by atoms with Crippen LogP contribution in [0.4, 0.5) is 0 Å². The minimum Gasteiger partial charge on any atom is -0.496 e. The maximum absolute atomic E-state index is 6.08. The summed E-state index contributed by atoms with van der Waals surface area (Å²) in [5.41, 5.74) is 9.54. The third kappa shape index (κ3) is 5.12. The SMILES string of the molecule is COc1ccc(C=NNC(N)=S)cc1COc1ccccc1Cl. The quantitative estimate of drug-likeness (QED) is 0.476. The van der Waals surface area contributed by atoms with Gasteiger partial charge in [-0.2, -0.15) is 5.10 Å². The van der Waals surface area contributed by atoms with Gasteiger partial charge in [-0.1, -0.05) is 23.7 Å². The molecule has 2 aromatic rings. The van der Waals surface area contributed by atoms with Gasteiger partial charge in [0.05, 0.1) is 18.3 Å². The van der Waals surface area contributed by atoms with Crippen molar-refractivity contribution in [2.45, 2.75) is 6.61 Å². The van der Waals surface area contributed by atoms with Crippen LogP contribution in [-0.2, 0) is 6.61 Å². The summed E-state index contributed by atoms with van der Waals surface area (Å²) < 4.78 is 11.1. The van der Waals surface area contributed by atoms with Gasteiger partial charge in [0.2, 0.25) is 0 Å². The number of nitrogens with two attached hydrogens (primary N) is 1. The zero-order chi connectivity index (χ0) is 16.7. The third-order valence-electron chi connectivity index (χ3n) is 2.91. The van der Waals surface area contributed by atoms with E-state index >= 15 is 0 Å². The summed E-state index contributed by atoms with van der Waals surface area (Å²) in [7, 11) is 1.61. The van der Waals surface area contributed by atoms with Crippen LogP contribution in [0.3, 0.4) is 0 Å². The Bertz CT molecular complexity index is 722. The van der Waals surface area contributed by atoms with Crippen LogP contribution in [0.25, 0.3) is 0 Å². The van der Waals surface area contributed by atoms with Gasteiger partial charge in [-0.05, 0) is 48.1 Å². The van der Waals surface area contributed by atoms with Crippen molar-refractivity contribution in [3.8, 4) is 11.5 Å². The number of nitrogens with one attached hydrogen (secondary N) is 1. The molecule has 2 aromatic carbocycles. The minimum atomic E-state index is 0.108. The molecule has 0 heterocycles. The first-order valence-electron chi connectivity index (χ1n) is 6.73. The molecule has 0 amide bonds. The highest BCUT2D eigenvalue weighted by Gasteiger charge is 2.07. The van der Waals surface area contributed by atoms with Gasteiger partial charge < -0.3 is 15.2 Å². The van der Waals surface area contributed by atoms with Crippen LogP contribution in [0.5, 0.6) is 11.5 Å². The van der Waals surface area contributed by atoms with Gasteiger partial charge in [0.1, 0.15) is 18.1 Å². The molecule has 0 aromatic heterocycles. The Balaban J connectivity index is 2.14. The second-order valence-electron chi connectivity index (χ2n) is 4.52. The van der Waals surface area contributed by atoms with Crippen LogP contribution >= 0.6 is 23.8 Å². The van der Waals surface area contributed by atoms with E-state index in [1.165, 1.54) is 0 Å². The zero-order valence-corrected chi connectivity index (χ0v) is 14.0. The number of hydrazone groups is 1. The van der Waals surface area contributed by atoms with Gasteiger partial charge in [0.25, 0.3) is 0 Å². The molecule has 0 saturated carbocycles. The fraction of sp³-hybridized carbons (Fsp3) is 0.125. The van der Waals surface area contributed by atoms with Crippen molar-refractivity contribution < 1.29 is 9.47 Å². The van der Waals surface area contributed by atoms with Crippen molar-refractivity contribution in [1.82, 2.24) is 5.43 Å². The fourth-order valence-corrected chi connectivity index (χ4v) is 2.12. The van der Waals surface area contributed by atoms with E-state index in [2.05, 4.69) is 22.7 Å². The molecule has 5 nitrogen and oxygen atoms in total.